The maximum absolute atomic E-state index is 13.5. The van der Waals surface area contributed by atoms with Crippen LogP contribution in [0.5, 0.6) is 0 Å². The number of anilines is 1. The molecule has 2 aromatic carbocycles. The van der Waals surface area contributed by atoms with Gasteiger partial charge >= 0.3 is 0 Å². The third kappa shape index (κ3) is 4.34. The standard InChI is InChI=1S/C20H23FN2O/c21-16-10-7-13-18(14-16)22-19(15-8-3-1-4-9-15)20(24)23-17-11-5-2-6-12-17/h1,3-4,7-10,13-14,17,19,22H,2,5-6,11-12H2,(H,23,24)/t19-/m0/s1. The molecule has 0 bridgehead atoms. The van der Waals surface area contributed by atoms with Gasteiger partial charge < -0.3 is 10.6 Å². The molecule has 1 aliphatic carbocycles. The van der Waals surface area contributed by atoms with Gasteiger partial charge in [-0.2, -0.15) is 0 Å². The van der Waals surface area contributed by atoms with Gasteiger partial charge in [-0.25, -0.2) is 4.39 Å². The number of carbonyl (C=O) groups is 1. The summed E-state index contributed by atoms with van der Waals surface area (Å²) in [5.74, 6) is -0.378. The summed E-state index contributed by atoms with van der Waals surface area (Å²) in [6, 6.07) is 15.5. The van der Waals surface area contributed by atoms with Crippen LogP contribution in [0.2, 0.25) is 0 Å². The second-order valence-corrected chi connectivity index (χ2v) is 6.34. The molecule has 2 aromatic rings. The zero-order valence-electron chi connectivity index (χ0n) is 13.7. The number of amides is 1. The van der Waals surface area contributed by atoms with Crippen molar-refractivity contribution in [2.24, 2.45) is 0 Å². The smallest absolute Gasteiger partial charge is 0.247 e. The highest BCUT2D eigenvalue weighted by Crippen LogP contribution is 2.23. The molecule has 0 heterocycles. The minimum Gasteiger partial charge on any atom is -0.370 e. The van der Waals surface area contributed by atoms with Crippen LogP contribution in [0.3, 0.4) is 0 Å². The lowest BCUT2D eigenvalue weighted by Crippen LogP contribution is -2.41. The van der Waals surface area contributed by atoms with Crippen LogP contribution in [0.25, 0.3) is 0 Å². The van der Waals surface area contributed by atoms with Gasteiger partial charge in [-0.05, 0) is 36.6 Å². The number of halogens is 1. The average molecular weight is 326 g/mol. The predicted molar refractivity (Wildman–Crippen MR) is 94.2 cm³/mol. The van der Waals surface area contributed by atoms with E-state index < -0.39 is 6.04 Å². The molecule has 3 nitrogen and oxygen atoms in total. The topological polar surface area (TPSA) is 41.1 Å². The lowest BCUT2D eigenvalue weighted by molar-refractivity contribution is -0.122. The molecule has 24 heavy (non-hydrogen) atoms. The Balaban J connectivity index is 1.77. The first kappa shape index (κ1) is 16.5. The second kappa shape index (κ2) is 7.95. The van der Waals surface area contributed by atoms with Gasteiger partial charge in [0.2, 0.25) is 5.91 Å². The highest BCUT2D eigenvalue weighted by atomic mass is 19.1. The normalized spacial score (nSPS) is 16.4. The van der Waals surface area contributed by atoms with Crippen molar-refractivity contribution in [1.29, 1.82) is 0 Å². The number of hydrogen-bond acceptors (Lipinski definition) is 2. The molecule has 0 saturated heterocycles. The Bertz CT molecular complexity index is 668. The van der Waals surface area contributed by atoms with Gasteiger partial charge in [0.05, 0.1) is 0 Å². The van der Waals surface area contributed by atoms with Crippen LogP contribution >= 0.6 is 0 Å². The zero-order valence-corrected chi connectivity index (χ0v) is 13.7. The van der Waals surface area contributed by atoms with E-state index in [1.54, 1.807) is 12.1 Å². The predicted octanol–water partition coefficient (Wildman–Crippen LogP) is 4.43. The van der Waals surface area contributed by atoms with Crippen molar-refractivity contribution < 1.29 is 9.18 Å². The van der Waals surface area contributed by atoms with E-state index in [0.29, 0.717) is 5.69 Å². The highest BCUT2D eigenvalue weighted by molar-refractivity contribution is 5.86. The molecule has 1 fully saturated rings. The minimum absolute atomic E-state index is 0.0580. The summed E-state index contributed by atoms with van der Waals surface area (Å²) >= 11 is 0. The fourth-order valence-electron chi connectivity index (χ4n) is 3.22. The lowest BCUT2D eigenvalue weighted by Gasteiger charge is -2.26. The number of hydrogen-bond donors (Lipinski definition) is 2. The molecule has 1 saturated carbocycles. The van der Waals surface area contributed by atoms with E-state index in [1.807, 2.05) is 30.3 Å². The molecule has 3 rings (SSSR count). The van der Waals surface area contributed by atoms with E-state index in [9.17, 15) is 9.18 Å². The molecular formula is C20H23FN2O. The molecule has 1 aliphatic rings. The van der Waals surface area contributed by atoms with Crippen LogP contribution < -0.4 is 10.6 Å². The average Bonchev–Trinajstić information content (AvgIpc) is 2.61. The number of benzene rings is 2. The van der Waals surface area contributed by atoms with Crippen molar-refractivity contribution in [3.63, 3.8) is 0 Å². The molecular weight excluding hydrogens is 303 g/mol. The third-order valence-electron chi connectivity index (χ3n) is 4.48. The van der Waals surface area contributed by atoms with Gasteiger partial charge in [0.15, 0.2) is 0 Å². The van der Waals surface area contributed by atoms with E-state index in [2.05, 4.69) is 10.6 Å². The summed E-state index contributed by atoms with van der Waals surface area (Å²) in [6.45, 7) is 0. The largest absolute Gasteiger partial charge is 0.370 e. The zero-order chi connectivity index (χ0) is 16.8. The van der Waals surface area contributed by atoms with Crippen molar-refractivity contribution in [2.75, 3.05) is 5.32 Å². The Kier molecular flexibility index (Phi) is 5.47. The number of rotatable bonds is 5. The monoisotopic (exact) mass is 326 g/mol. The fourth-order valence-corrected chi connectivity index (χ4v) is 3.22. The van der Waals surface area contributed by atoms with Gasteiger partial charge in [0.1, 0.15) is 11.9 Å². The summed E-state index contributed by atoms with van der Waals surface area (Å²) in [6.07, 6.45) is 5.65. The van der Waals surface area contributed by atoms with Crippen molar-refractivity contribution in [1.82, 2.24) is 5.32 Å². The van der Waals surface area contributed by atoms with Crippen LogP contribution in [-0.4, -0.2) is 11.9 Å². The van der Waals surface area contributed by atoms with E-state index >= 15 is 0 Å². The Labute approximate surface area is 142 Å². The molecule has 0 radical (unpaired) electrons. The maximum atomic E-state index is 13.5. The maximum Gasteiger partial charge on any atom is 0.247 e. The van der Waals surface area contributed by atoms with E-state index in [1.165, 1.54) is 18.6 Å². The minimum atomic E-state index is -0.532. The highest BCUT2D eigenvalue weighted by Gasteiger charge is 2.24. The Morgan fingerprint density at radius 3 is 2.46 bits per heavy atom. The van der Waals surface area contributed by atoms with Crippen molar-refractivity contribution in [3.8, 4) is 0 Å². The van der Waals surface area contributed by atoms with Crippen LogP contribution in [0.4, 0.5) is 10.1 Å². The lowest BCUT2D eigenvalue weighted by atomic mass is 9.95. The third-order valence-corrected chi connectivity index (χ3v) is 4.48. The van der Waals surface area contributed by atoms with E-state index in [4.69, 9.17) is 0 Å². The molecule has 0 unspecified atom stereocenters. The molecule has 0 aromatic heterocycles. The Morgan fingerprint density at radius 1 is 1.00 bits per heavy atom. The molecule has 4 heteroatoms. The molecule has 0 aliphatic heterocycles. The van der Waals surface area contributed by atoms with Gasteiger partial charge in [0.25, 0.3) is 0 Å². The first-order valence-electron chi connectivity index (χ1n) is 8.60. The van der Waals surface area contributed by atoms with Crippen molar-refractivity contribution >= 4 is 11.6 Å². The van der Waals surface area contributed by atoms with Gasteiger partial charge in [-0.15, -0.1) is 0 Å². The summed E-state index contributed by atoms with van der Waals surface area (Å²) in [5, 5.41) is 6.33. The van der Waals surface area contributed by atoms with Crippen LogP contribution in [0.15, 0.2) is 54.6 Å². The summed E-state index contributed by atoms with van der Waals surface area (Å²) in [5.41, 5.74) is 1.47. The van der Waals surface area contributed by atoms with Crippen LogP contribution in [0, 0.1) is 5.82 Å². The van der Waals surface area contributed by atoms with Crippen LogP contribution in [-0.2, 0) is 4.79 Å². The van der Waals surface area contributed by atoms with Crippen molar-refractivity contribution in [3.05, 3.63) is 66.0 Å². The molecule has 1 atom stereocenters. The number of nitrogens with one attached hydrogen (secondary N) is 2. The summed E-state index contributed by atoms with van der Waals surface area (Å²) in [4.78, 5) is 12.8. The van der Waals surface area contributed by atoms with Gasteiger partial charge in [0, 0.05) is 11.7 Å². The molecule has 1 amide bonds. The summed E-state index contributed by atoms with van der Waals surface area (Å²) < 4.78 is 13.5. The van der Waals surface area contributed by atoms with E-state index in [0.717, 1.165) is 31.2 Å². The quantitative estimate of drug-likeness (QED) is 0.853. The SMILES string of the molecule is O=C(NC1CCCCC1)[C@@H](Nc1cccc(F)c1)c1ccccc1. The second-order valence-electron chi connectivity index (χ2n) is 6.34. The van der Waals surface area contributed by atoms with Crippen LogP contribution in [0.1, 0.15) is 43.7 Å². The fraction of sp³-hybridized carbons (Fsp3) is 0.350. The molecule has 126 valence electrons. The van der Waals surface area contributed by atoms with Gasteiger partial charge in [-0.3, -0.25) is 4.79 Å². The summed E-state index contributed by atoms with van der Waals surface area (Å²) in [7, 11) is 0. The Hall–Kier alpha value is -2.36. The molecule has 2 N–H and O–H groups in total. The first-order chi connectivity index (χ1) is 11.7. The van der Waals surface area contributed by atoms with E-state index in [-0.39, 0.29) is 17.8 Å². The Morgan fingerprint density at radius 2 is 1.75 bits per heavy atom. The van der Waals surface area contributed by atoms with Crippen molar-refractivity contribution in [2.45, 2.75) is 44.2 Å². The first-order valence-corrected chi connectivity index (χ1v) is 8.60. The van der Waals surface area contributed by atoms with Gasteiger partial charge in [-0.1, -0.05) is 55.7 Å². The number of carbonyl (C=O) groups excluding carboxylic acids is 1. The molecule has 0 spiro atoms.